The van der Waals surface area contributed by atoms with Crippen molar-refractivity contribution >= 4 is 21.5 Å². The number of fused-ring (bicyclic) bond motifs is 1. The van der Waals surface area contributed by atoms with Crippen molar-refractivity contribution in [3.63, 3.8) is 0 Å². The summed E-state index contributed by atoms with van der Waals surface area (Å²) in [5, 5.41) is 13.1. The van der Waals surface area contributed by atoms with Crippen LogP contribution in [0.2, 0.25) is 0 Å². The maximum atomic E-state index is 11.4. The molecule has 0 aliphatic heterocycles. The zero-order valence-electron chi connectivity index (χ0n) is 11.3. The first kappa shape index (κ1) is 14.5. The van der Waals surface area contributed by atoms with Gasteiger partial charge in [-0.2, -0.15) is 9.61 Å². The lowest BCUT2D eigenvalue weighted by Crippen LogP contribution is -2.47. The predicted octanol–water partition coefficient (Wildman–Crippen LogP) is -0.843. The highest BCUT2D eigenvalue weighted by atomic mass is 32.2. The highest BCUT2D eigenvalue weighted by Crippen LogP contribution is 2.08. The molecule has 20 heavy (non-hydrogen) atoms. The van der Waals surface area contributed by atoms with E-state index in [4.69, 9.17) is 0 Å². The van der Waals surface area contributed by atoms with Crippen LogP contribution in [0.25, 0.3) is 5.65 Å². The van der Waals surface area contributed by atoms with E-state index in [9.17, 15) is 13.2 Å². The second-order valence-corrected chi connectivity index (χ2v) is 6.88. The van der Waals surface area contributed by atoms with Crippen LogP contribution < -0.4 is 15.7 Å². The topological polar surface area (TPSA) is 121 Å². The number of nitrogens with zero attached hydrogens (tertiary/aromatic N) is 3. The van der Waals surface area contributed by atoms with Crippen LogP contribution in [0.15, 0.2) is 16.9 Å². The minimum atomic E-state index is -3.30. The Morgan fingerprint density at radius 3 is 2.75 bits per heavy atom. The van der Waals surface area contributed by atoms with Crippen LogP contribution in [0.4, 0.5) is 5.82 Å². The fraction of sp³-hybridized carbons (Fsp3) is 0.500. The van der Waals surface area contributed by atoms with Gasteiger partial charge in [0.15, 0.2) is 5.65 Å². The van der Waals surface area contributed by atoms with Crippen molar-refractivity contribution in [1.29, 1.82) is 0 Å². The number of aromatic nitrogens is 4. The van der Waals surface area contributed by atoms with Crippen molar-refractivity contribution in [1.82, 2.24) is 24.5 Å². The van der Waals surface area contributed by atoms with Gasteiger partial charge in [-0.3, -0.25) is 0 Å². The molecule has 0 radical (unpaired) electrons. The zero-order chi connectivity index (χ0) is 15.0. The molecule has 0 aliphatic rings. The Morgan fingerprint density at radius 2 is 2.10 bits per heavy atom. The van der Waals surface area contributed by atoms with Gasteiger partial charge in [-0.15, -0.1) is 5.10 Å². The Morgan fingerprint density at radius 1 is 1.40 bits per heavy atom. The third-order valence-corrected chi connectivity index (χ3v) is 3.37. The number of hydrogen-bond acceptors (Lipinski definition) is 6. The largest absolute Gasteiger partial charge is 0.367 e. The monoisotopic (exact) mass is 300 g/mol. The van der Waals surface area contributed by atoms with Crippen molar-refractivity contribution in [2.24, 2.45) is 0 Å². The summed E-state index contributed by atoms with van der Waals surface area (Å²) in [5.41, 5.74) is -0.711. The fourth-order valence-electron chi connectivity index (χ4n) is 1.75. The summed E-state index contributed by atoms with van der Waals surface area (Å²) in [5.74, 6) is 0.448. The molecule has 2 heterocycles. The molecule has 0 amide bonds. The second kappa shape index (κ2) is 4.87. The van der Waals surface area contributed by atoms with Crippen LogP contribution >= 0.6 is 0 Å². The highest BCUT2D eigenvalue weighted by Gasteiger charge is 2.22. The lowest BCUT2D eigenvalue weighted by atomic mass is 10.1. The van der Waals surface area contributed by atoms with Crippen molar-refractivity contribution in [2.75, 3.05) is 18.1 Å². The van der Waals surface area contributed by atoms with Crippen LogP contribution in [0, 0.1) is 0 Å². The van der Waals surface area contributed by atoms with Gasteiger partial charge in [0.2, 0.25) is 10.0 Å². The van der Waals surface area contributed by atoms with Crippen LogP contribution in [-0.2, 0) is 10.0 Å². The molecule has 9 nitrogen and oxygen atoms in total. The molecule has 2 rings (SSSR count). The fourth-order valence-corrected chi connectivity index (χ4v) is 2.82. The van der Waals surface area contributed by atoms with Crippen molar-refractivity contribution in [3.05, 3.63) is 22.6 Å². The van der Waals surface area contributed by atoms with E-state index in [2.05, 4.69) is 25.3 Å². The summed E-state index contributed by atoms with van der Waals surface area (Å²) >= 11 is 0. The standard InChI is InChI=1S/C10H16N6O3S/c1-10(2,15-20(3,18)19)6-11-7-4-5-8-12-13-9(17)16(8)14-7/h4-5,15H,6H2,1-3H3,(H,11,14)(H,13,17). The Balaban J connectivity index is 2.12. The molecule has 0 bridgehead atoms. The highest BCUT2D eigenvalue weighted by molar-refractivity contribution is 7.88. The number of sulfonamides is 1. The van der Waals surface area contributed by atoms with E-state index in [0.717, 1.165) is 10.8 Å². The predicted molar refractivity (Wildman–Crippen MR) is 74.2 cm³/mol. The van der Waals surface area contributed by atoms with Gasteiger partial charge in [0, 0.05) is 12.1 Å². The normalized spacial score (nSPS) is 12.8. The lowest BCUT2D eigenvalue weighted by molar-refractivity contribution is 0.475. The van der Waals surface area contributed by atoms with Crippen molar-refractivity contribution in [2.45, 2.75) is 19.4 Å². The average Bonchev–Trinajstić information content (AvgIpc) is 2.66. The first-order valence-corrected chi connectivity index (χ1v) is 7.73. The molecule has 2 aromatic heterocycles. The first-order chi connectivity index (χ1) is 9.16. The quantitative estimate of drug-likeness (QED) is 0.662. The van der Waals surface area contributed by atoms with Crippen molar-refractivity contribution in [3.8, 4) is 0 Å². The third kappa shape index (κ3) is 3.54. The maximum absolute atomic E-state index is 11.4. The summed E-state index contributed by atoms with van der Waals surface area (Å²) in [6, 6.07) is 3.29. The maximum Gasteiger partial charge on any atom is 0.364 e. The first-order valence-electron chi connectivity index (χ1n) is 5.84. The van der Waals surface area contributed by atoms with E-state index >= 15 is 0 Å². The molecular formula is C10H16N6O3S. The summed E-state index contributed by atoms with van der Waals surface area (Å²) < 4.78 is 26.1. The van der Waals surface area contributed by atoms with E-state index in [1.54, 1.807) is 26.0 Å². The van der Waals surface area contributed by atoms with E-state index in [-0.39, 0.29) is 0 Å². The van der Waals surface area contributed by atoms with Gasteiger partial charge in [-0.25, -0.2) is 23.0 Å². The smallest absolute Gasteiger partial charge is 0.364 e. The molecular weight excluding hydrogens is 284 g/mol. The minimum Gasteiger partial charge on any atom is -0.367 e. The molecule has 2 aromatic rings. The second-order valence-electron chi connectivity index (χ2n) is 5.13. The SMILES string of the molecule is CC(C)(CNc1ccc2n[nH]c(=O)n2n1)NS(C)(=O)=O. The van der Waals surface area contributed by atoms with E-state index < -0.39 is 21.3 Å². The number of H-pyrrole nitrogens is 1. The summed E-state index contributed by atoms with van der Waals surface area (Å²) in [4.78, 5) is 11.4. The molecule has 0 saturated heterocycles. The van der Waals surface area contributed by atoms with Crippen molar-refractivity contribution < 1.29 is 8.42 Å². The summed E-state index contributed by atoms with van der Waals surface area (Å²) in [6.07, 6.45) is 1.10. The van der Waals surface area contributed by atoms with Crippen LogP contribution in [0.1, 0.15) is 13.8 Å². The van der Waals surface area contributed by atoms with Gasteiger partial charge in [-0.05, 0) is 26.0 Å². The molecule has 0 saturated carbocycles. The van der Waals surface area contributed by atoms with E-state index in [0.29, 0.717) is 18.0 Å². The third-order valence-electron chi connectivity index (χ3n) is 2.45. The molecule has 0 fully saturated rings. The van der Waals surface area contributed by atoms with E-state index in [1.165, 1.54) is 0 Å². The Bertz CT molecular complexity index is 776. The minimum absolute atomic E-state index is 0.311. The van der Waals surface area contributed by atoms with Gasteiger partial charge in [0.25, 0.3) is 0 Å². The molecule has 0 atom stereocenters. The molecule has 0 aromatic carbocycles. The molecule has 10 heteroatoms. The van der Waals surface area contributed by atoms with E-state index in [1.807, 2.05) is 0 Å². The zero-order valence-corrected chi connectivity index (χ0v) is 12.2. The van der Waals surface area contributed by atoms with Crippen LogP contribution in [0.5, 0.6) is 0 Å². The van der Waals surface area contributed by atoms with Gasteiger partial charge in [0.1, 0.15) is 5.82 Å². The van der Waals surface area contributed by atoms with Gasteiger partial charge < -0.3 is 5.32 Å². The Kier molecular flexibility index (Phi) is 3.52. The molecule has 3 N–H and O–H groups in total. The number of nitrogens with one attached hydrogen (secondary N) is 3. The lowest BCUT2D eigenvalue weighted by Gasteiger charge is -2.25. The van der Waals surface area contributed by atoms with Gasteiger partial charge >= 0.3 is 5.69 Å². The molecule has 110 valence electrons. The molecule has 0 aliphatic carbocycles. The average molecular weight is 300 g/mol. The van der Waals surface area contributed by atoms with Gasteiger partial charge in [-0.1, -0.05) is 0 Å². The molecule has 0 spiro atoms. The van der Waals surface area contributed by atoms with Crippen LogP contribution in [-0.4, -0.2) is 46.6 Å². The summed E-state index contributed by atoms with van der Waals surface area (Å²) in [6.45, 7) is 3.79. The number of aromatic amines is 1. The Labute approximate surface area is 115 Å². The summed E-state index contributed by atoms with van der Waals surface area (Å²) in [7, 11) is -3.30. The molecule has 0 unspecified atom stereocenters. The number of anilines is 1. The number of hydrogen-bond donors (Lipinski definition) is 3. The van der Waals surface area contributed by atoms with Crippen LogP contribution in [0.3, 0.4) is 0 Å². The Hall–Kier alpha value is -1.94. The van der Waals surface area contributed by atoms with Gasteiger partial charge in [0.05, 0.1) is 6.26 Å². The number of rotatable bonds is 5.